The third-order valence-electron chi connectivity index (χ3n) is 4.04. The standard InChI is InChI=1S/C23H22N2O3/c1-16-12-17(2)14-19(13-16)25-22(26)15-28-23(27)20-10-6-7-11-21(20)24-18-8-4-3-5-9-18/h3-14,24H,15H2,1-2H3,(H,25,26). The number of hydrogen-bond acceptors (Lipinski definition) is 4. The molecule has 2 N–H and O–H groups in total. The second kappa shape index (κ2) is 8.86. The smallest absolute Gasteiger partial charge is 0.340 e. The van der Waals surface area contributed by atoms with E-state index in [1.54, 1.807) is 18.2 Å². The molecule has 3 aromatic carbocycles. The lowest BCUT2D eigenvalue weighted by molar-refractivity contribution is -0.119. The van der Waals surface area contributed by atoms with E-state index in [0.29, 0.717) is 16.9 Å². The summed E-state index contributed by atoms with van der Waals surface area (Å²) >= 11 is 0. The summed E-state index contributed by atoms with van der Waals surface area (Å²) < 4.78 is 5.21. The maximum atomic E-state index is 12.5. The summed E-state index contributed by atoms with van der Waals surface area (Å²) in [5, 5.41) is 5.95. The zero-order chi connectivity index (χ0) is 19.9. The fraction of sp³-hybridized carbons (Fsp3) is 0.130. The molecule has 0 aliphatic carbocycles. The Bertz CT molecular complexity index is 964. The van der Waals surface area contributed by atoms with Crippen LogP contribution in [0.2, 0.25) is 0 Å². The molecule has 3 aromatic rings. The molecule has 5 nitrogen and oxygen atoms in total. The summed E-state index contributed by atoms with van der Waals surface area (Å²) in [7, 11) is 0. The van der Waals surface area contributed by atoms with Gasteiger partial charge in [-0.15, -0.1) is 0 Å². The fourth-order valence-corrected chi connectivity index (χ4v) is 2.90. The quantitative estimate of drug-likeness (QED) is 0.606. The van der Waals surface area contributed by atoms with Gasteiger partial charge in [-0.2, -0.15) is 0 Å². The minimum absolute atomic E-state index is 0.356. The summed E-state index contributed by atoms with van der Waals surface area (Å²) in [6, 6.07) is 22.3. The molecule has 0 bridgehead atoms. The summed E-state index contributed by atoms with van der Waals surface area (Å²) in [6.07, 6.45) is 0. The van der Waals surface area contributed by atoms with Gasteiger partial charge in [-0.05, 0) is 61.4 Å². The van der Waals surface area contributed by atoms with E-state index in [1.165, 1.54) is 0 Å². The van der Waals surface area contributed by atoms with Crippen molar-refractivity contribution in [3.05, 3.63) is 89.5 Å². The van der Waals surface area contributed by atoms with Crippen molar-refractivity contribution in [3.63, 3.8) is 0 Å². The van der Waals surface area contributed by atoms with Crippen molar-refractivity contribution in [2.45, 2.75) is 13.8 Å². The summed E-state index contributed by atoms with van der Waals surface area (Å²) in [5.74, 6) is -0.943. The highest BCUT2D eigenvalue weighted by Crippen LogP contribution is 2.21. The molecule has 0 aliphatic heterocycles. The Hall–Kier alpha value is -3.60. The molecule has 28 heavy (non-hydrogen) atoms. The van der Waals surface area contributed by atoms with Gasteiger partial charge in [-0.25, -0.2) is 4.79 Å². The Labute approximate surface area is 164 Å². The van der Waals surface area contributed by atoms with Crippen molar-refractivity contribution in [1.82, 2.24) is 0 Å². The molecular weight excluding hydrogens is 352 g/mol. The molecule has 0 atom stereocenters. The molecule has 142 valence electrons. The van der Waals surface area contributed by atoms with Gasteiger partial charge in [0.15, 0.2) is 6.61 Å². The molecule has 0 spiro atoms. The fourth-order valence-electron chi connectivity index (χ4n) is 2.90. The van der Waals surface area contributed by atoms with Crippen LogP contribution in [-0.2, 0) is 9.53 Å². The molecule has 0 saturated carbocycles. The molecule has 0 radical (unpaired) electrons. The molecule has 1 amide bonds. The highest BCUT2D eigenvalue weighted by Gasteiger charge is 2.14. The lowest BCUT2D eigenvalue weighted by Gasteiger charge is -2.12. The van der Waals surface area contributed by atoms with Gasteiger partial charge in [0.05, 0.1) is 11.3 Å². The van der Waals surface area contributed by atoms with Gasteiger partial charge in [0, 0.05) is 11.4 Å². The van der Waals surface area contributed by atoms with E-state index < -0.39 is 5.97 Å². The molecule has 0 fully saturated rings. The number of para-hydroxylation sites is 2. The van der Waals surface area contributed by atoms with E-state index >= 15 is 0 Å². The van der Waals surface area contributed by atoms with E-state index in [4.69, 9.17) is 4.74 Å². The average molecular weight is 374 g/mol. The number of anilines is 3. The van der Waals surface area contributed by atoms with Gasteiger partial charge in [0.1, 0.15) is 0 Å². The molecule has 0 aromatic heterocycles. The maximum Gasteiger partial charge on any atom is 0.340 e. The first-order valence-electron chi connectivity index (χ1n) is 8.97. The predicted molar refractivity (Wildman–Crippen MR) is 111 cm³/mol. The average Bonchev–Trinajstić information content (AvgIpc) is 2.66. The van der Waals surface area contributed by atoms with Crippen molar-refractivity contribution in [1.29, 1.82) is 0 Å². The number of amides is 1. The van der Waals surface area contributed by atoms with Crippen LogP contribution in [0, 0.1) is 13.8 Å². The largest absolute Gasteiger partial charge is 0.452 e. The number of hydrogen-bond donors (Lipinski definition) is 2. The Morgan fingerprint density at radius 2 is 1.46 bits per heavy atom. The van der Waals surface area contributed by atoms with E-state index in [0.717, 1.165) is 16.8 Å². The topological polar surface area (TPSA) is 67.4 Å². The van der Waals surface area contributed by atoms with Crippen LogP contribution in [0.4, 0.5) is 17.1 Å². The zero-order valence-corrected chi connectivity index (χ0v) is 15.9. The van der Waals surface area contributed by atoms with Crippen molar-refractivity contribution in [3.8, 4) is 0 Å². The molecule has 0 unspecified atom stereocenters. The van der Waals surface area contributed by atoms with Crippen LogP contribution >= 0.6 is 0 Å². The van der Waals surface area contributed by atoms with Crippen LogP contribution < -0.4 is 10.6 Å². The van der Waals surface area contributed by atoms with E-state index in [2.05, 4.69) is 10.6 Å². The number of benzene rings is 3. The summed E-state index contributed by atoms with van der Waals surface area (Å²) in [5.41, 5.74) is 4.63. The minimum atomic E-state index is -0.561. The first kappa shape index (κ1) is 19.2. The Kier molecular flexibility index (Phi) is 6.07. The lowest BCUT2D eigenvalue weighted by Crippen LogP contribution is -2.21. The number of esters is 1. The normalized spacial score (nSPS) is 10.2. The van der Waals surface area contributed by atoms with Gasteiger partial charge in [-0.3, -0.25) is 4.79 Å². The van der Waals surface area contributed by atoms with Gasteiger partial charge in [0.2, 0.25) is 0 Å². The monoisotopic (exact) mass is 374 g/mol. The highest BCUT2D eigenvalue weighted by atomic mass is 16.5. The van der Waals surface area contributed by atoms with Crippen molar-refractivity contribution in [2.24, 2.45) is 0 Å². The summed E-state index contributed by atoms with van der Waals surface area (Å²) in [6.45, 7) is 3.56. The molecular formula is C23H22N2O3. The first-order valence-corrected chi connectivity index (χ1v) is 8.97. The Morgan fingerprint density at radius 1 is 0.821 bits per heavy atom. The van der Waals surface area contributed by atoms with Gasteiger partial charge >= 0.3 is 5.97 Å². The summed E-state index contributed by atoms with van der Waals surface area (Å²) in [4.78, 5) is 24.6. The van der Waals surface area contributed by atoms with Crippen LogP contribution in [0.1, 0.15) is 21.5 Å². The number of carbonyl (C=O) groups excluding carboxylic acids is 2. The van der Waals surface area contributed by atoms with Crippen LogP contribution in [0.25, 0.3) is 0 Å². The zero-order valence-electron chi connectivity index (χ0n) is 15.9. The minimum Gasteiger partial charge on any atom is -0.452 e. The van der Waals surface area contributed by atoms with Crippen molar-refractivity contribution >= 4 is 28.9 Å². The number of carbonyl (C=O) groups is 2. The Balaban J connectivity index is 1.62. The number of aryl methyl sites for hydroxylation is 2. The molecule has 5 heteroatoms. The third kappa shape index (κ3) is 5.20. The van der Waals surface area contributed by atoms with Gasteiger partial charge in [0.25, 0.3) is 5.91 Å². The third-order valence-corrected chi connectivity index (χ3v) is 4.04. The highest BCUT2D eigenvalue weighted by molar-refractivity contribution is 5.99. The van der Waals surface area contributed by atoms with Crippen molar-refractivity contribution in [2.75, 3.05) is 17.2 Å². The van der Waals surface area contributed by atoms with E-state index in [1.807, 2.05) is 68.4 Å². The predicted octanol–water partition coefficient (Wildman–Crippen LogP) is 4.84. The van der Waals surface area contributed by atoms with Gasteiger partial charge in [-0.1, -0.05) is 36.4 Å². The molecule has 0 heterocycles. The van der Waals surface area contributed by atoms with E-state index in [-0.39, 0.29) is 12.5 Å². The van der Waals surface area contributed by atoms with E-state index in [9.17, 15) is 9.59 Å². The van der Waals surface area contributed by atoms with Crippen LogP contribution in [0.3, 0.4) is 0 Å². The maximum absolute atomic E-state index is 12.5. The first-order chi connectivity index (χ1) is 13.5. The second-order valence-electron chi connectivity index (χ2n) is 6.54. The number of rotatable bonds is 6. The SMILES string of the molecule is Cc1cc(C)cc(NC(=O)COC(=O)c2ccccc2Nc2ccccc2)c1. The Morgan fingerprint density at radius 3 is 2.18 bits per heavy atom. The lowest BCUT2D eigenvalue weighted by atomic mass is 10.1. The number of ether oxygens (including phenoxy) is 1. The number of nitrogens with one attached hydrogen (secondary N) is 2. The molecule has 3 rings (SSSR count). The van der Waals surface area contributed by atoms with Gasteiger partial charge < -0.3 is 15.4 Å². The molecule has 0 aliphatic rings. The second-order valence-corrected chi connectivity index (χ2v) is 6.54. The van der Waals surface area contributed by atoms with Crippen LogP contribution in [-0.4, -0.2) is 18.5 Å². The van der Waals surface area contributed by atoms with Crippen LogP contribution in [0.5, 0.6) is 0 Å². The van der Waals surface area contributed by atoms with Crippen molar-refractivity contribution < 1.29 is 14.3 Å². The molecule has 0 saturated heterocycles. The van der Waals surface area contributed by atoms with Crippen LogP contribution in [0.15, 0.2) is 72.8 Å².